The lowest BCUT2D eigenvalue weighted by atomic mass is 10.1. The van der Waals surface area contributed by atoms with Gasteiger partial charge in [0.2, 0.25) is 5.91 Å². The lowest BCUT2D eigenvalue weighted by molar-refractivity contribution is -0.121. The third-order valence-corrected chi connectivity index (χ3v) is 4.08. The Bertz CT molecular complexity index is 800. The first-order chi connectivity index (χ1) is 12.2. The van der Waals surface area contributed by atoms with Crippen LogP contribution in [0, 0.1) is 0 Å². The maximum Gasteiger partial charge on any atom is 0.220 e. The smallest absolute Gasteiger partial charge is 0.220 e. The zero-order valence-electron chi connectivity index (χ0n) is 14.3. The molecule has 0 saturated heterocycles. The van der Waals surface area contributed by atoms with Gasteiger partial charge in [0, 0.05) is 30.7 Å². The molecule has 2 heterocycles. The van der Waals surface area contributed by atoms with Gasteiger partial charge in [-0.25, -0.2) is 4.68 Å². The summed E-state index contributed by atoms with van der Waals surface area (Å²) in [6.07, 6.45) is 7.55. The average molecular weight is 334 g/mol. The van der Waals surface area contributed by atoms with E-state index in [1.54, 1.807) is 12.4 Å². The maximum absolute atomic E-state index is 12.2. The molecule has 128 valence electrons. The van der Waals surface area contributed by atoms with E-state index >= 15 is 0 Å². The van der Waals surface area contributed by atoms with Gasteiger partial charge in [-0.1, -0.05) is 18.2 Å². The molecule has 25 heavy (non-hydrogen) atoms. The van der Waals surface area contributed by atoms with Crippen molar-refractivity contribution in [2.24, 2.45) is 0 Å². The molecule has 1 atom stereocenters. The molecule has 1 amide bonds. The molecule has 3 rings (SSSR count). The average Bonchev–Trinajstić information content (AvgIpc) is 3.17. The van der Waals surface area contributed by atoms with Crippen LogP contribution in [0.4, 0.5) is 0 Å². The van der Waals surface area contributed by atoms with Gasteiger partial charge in [0.1, 0.15) is 0 Å². The van der Waals surface area contributed by atoms with Gasteiger partial charge in [-0.3, -0.25) is 9.78 Å². The van der Waals surface area contributed by atoms with Crippen LogP contribution in [0.25, 0.3) is 5.69 Å². The van der Waals surface area contributed by atoms with Crippen molar-refractivity contribution in [2.45, 2.75) is 32.2 Å². The molecule has 0 bridgehead atoms. The van der Waals surface area contributed by atoms with E-state index in [1.165, 1.54) is 0 Å². The van der Waals surface area contributed by atoms with Crippen molar-refractivity contribution in [1.29, 1.82) is 0 Å². The molecule has 0 radical (unpaired) electrons. The number of aryl methyl sites for hydroxylation is 1. The van der Waals surface area contributed by atoms with E-state index < -0.39 is 0 Å². The molecule has 0 fully saturated rings. The van der Waals surface area contributed by atoms with Crippen molar-refractivity contribution in [3.63, 3.8) is 0 Å². The van der Waals surface area contributed by atoms with E-state index in [2.05, 4.69) is 15.4 Å². The summed E-state index contributed by atoms with van der Waals surface area (Å²) in [5.74, 6) is 0.0629. The summed E-state index contributed by atoms with van der Waals surface area (Å²) >= 11 is 0. The first-order valence-electron chi connectivity index (χ1n) is 8.51. The molecular weight excluding hydrogens is 312 g/mol. The highest BCUT2D eigenvalue weighted by Gasteiger charge is 2.10. The summed E-state index contributed by atoms with van der Waals surface area (Å²) in [7, 11) is 0. The van der Waals surface area contributed by atoms with Gasteiger partial charge >= 0.3 is 0 Å². The summed E-state index contributed by atoms with van der Waals surface area (Å²) in [5, 5.41) is 7.31. The monoisotopic (exact) mass is 334 g/mol. The Labute approximate surface area is 147 Å². The van der Waals surface area contributed by atoms with E-state index in [4.69, 9.17) is 0 Å². The molecule has 0 aliphatic rings. The second-order valence-corrected chi connectivity index (χ2v) is 6.01. The van der Waals surface area contributed by atoms with Gasteiger partial charge < -0.3 is 5.32 Å². The zero-order valence-corrected chi connectivity index (χ0v) is 14.3. The Kier molecular flexibility index (Phi) is 5.57. The van der Waals surface area contributed by atoms with Gasteiger partial charge in [-0.05, 0) is 55.7 Å². The van der Waals surface area contributed by atoms with Crippen LogP contribution in [0.15, 0.2) is 67.1 Å². The lowest BCUT2D eigenvalue weighted by Crippen LogP contribution is -2.26. The van der Waals surface area contributed by atoms with Gasteiger partial charge in [0.25, 0.3) is 0 Å². The molecule has 0 spiro atoms. The number of carbonyl (C=O) groups is 1. The van der Waals surface area contributed by atoms with Crippen LogP contribution in [0.2, 0.25) is 0 Å². The van der Waals surface area contributed by atoms with Crippen LogP contribution < -0.4 is 5.32 Å². The zero-order chi connectivity index (χ0) is 17.5. The van der Waals surface area contributed by atoms with Crippen molar-refractivity contribution in [2.75, 3.05) is 0 Å². The quantitative estimate of drug-likeness (QED) is 0.720. The van der Waals surface area contributed by atoms with Gasteiger partial charge in [-0.2, -0.15) is 5.10 Å². The second-order valence-electron chi connectivity index (χ2n) is 6.01. The lowest BCUT2D eigenvalue weighted by Gasteiger charge is -2.15. The Balaban J connectivity index is 1.52. The standard InChI is InChI=1S/C20H22N4O/c1-16(17-7-4-10-19(15-17)24-14-6-13-22-24)23-20(25)11-5-9-18-8-2-3-12-21-18/h2-4,6-8,10,12-16H,5,9,11H2,1H3,(H,23,25)/t16-/m1/s1. The minimum absolute atomic E-state index is 0.0436. The summed E-state index contributed by atoms with van der Waals surface area (Å²) in [4.78, 5) is 16.5. The van der Waals surface area contributed by atoms with E-state index in [0.717, 1.165) is 29.8 Å². The number of nitrogens with zero attached hydrogens (tertiary/aromatic N) is 3. The molecule has 0 unspecified atom stereocenters. The summed E-state index contributed by atoms with van der Waals surface area (Å²) < 4.78 is 1.81. The van der Waals surface area contributed by atoms with Crippen LogP contribution in [0.5, 0.6) is 0 Å². The molecule has 5 nitrogen and oxygen atoms in total. The highest BCUT2D eigenvalue weighted by Crippen LogP contribution is 2.17. The van der Waals surface area contributed by atoms with Crippen LogP contribution in [-0.4, -0.2) is 20.7 Å². The number of carbonyl (C=O) groups excluding carboxylic acids is 1. The number of nitrogens with one attached hydrogen (secondary N) is 1. The van der Waals surface area contributed by atoms with Gasteiger partial charge in [-0.15, -0.1) is 0 Å². The molecule has 1 N–H and O–H groups in total. The van der Waals surface area contributed by atoms with E-state index in [1.807, 2.05) is 66.3 Å². The van der Waals surface area contributed by atoms with Crippen molar-refractivity contribution < 1.29 is 4.79 Å². The molecule has 1 aromatic carbocycles. The molecule has 5 heteroatoms. The fourth-order valence-electron chi connectivity index (χ4n) is 2.73. The van der Waals surface area contributed by atoms with E-state index in [-0.39, 0.29) is 11.9 Å². The molecule has 2 aromatic heterocycles. The number of amides is 1. The molecular formula is C20H22N4O. The van der Waals surface area contributed by atoms with Crippen LogP contribution in [0.1, 0.15) is 37.1 Å². The Hall–Kier alpha value is -2.95. The normalized spacial score (nSPS) is 11.9. The van der Waals surface area contributed by atoms with E-state index in [0.29, 0.717) is 6.42 Å². The second kappa shape index (κ2) is 8.24. The van der Waals surface area contributed by atoms with Crippen LogP contribution >= 0.6 is 0 Å². The van der Waals surface area contributed by atoms with Gasteiger partial charge in [0.05, 0.1) is 11.7 Å². The number of rotatable bonds is 7. The molecule has 0 saturated carbocycles. The third kappa shape index (κ3) is 4.76. The summed E-state index contributed by atoms with van der Waals surface area (Å²) in [6.45, 7) is 2.00. The Morgan fingerprint density at radius 2 is 2.08 bits per heavy atom. The molecule has 0 aliphatic heterocycles. The van der Waals surface area contributed by atoms with E-state index in [9.17, 15) is 4.79 Å². The van der Waals surface area contributed by atoms with Gasteiger partial charge in [0.15, 0.2) is 0 Å². The predicted molar refractivity (Wildman–Crippen MR) is 97.3 cm³/mol. The highest BCUT2D eigenvalue weighted by atomic mass is 16.1. The maximum atomic E-state index is 12.2. The van der Waals surface area contributed by atoms with Crippen molar-refractivity contribution in [1.82, 2.24) is 20.1 Å². The minimum Gasteiger partial charge on any atom is -0.350 e. The van der Waals surface area contributed by atoms with Crippen molar-refractivity contribution in [3.05, 3.63) is 78.4 Å². The summed E-state index contributed by atoms with van der Waals surface area (Å²) in [6, 6.07) is 15.7. The minimum atomic E-state index is -0.0436. The number of hydrogen-bond donors (Lipinski definition) is 1. The fourth-order valence-corrected chi connectivity index (χ4v) is 2.73. The fraction of sp³-hybridized carbons (Fsp3) is 0.250. The largest absolute Gasteiger partial charge is 0.350 e. The summed E-state index contributed by atoms with van der Waals surface area (Å²) in [5.41, 5.74) is 3.07. The number of hydrogen-bond acceptors (Lipinski definition) is 3. The molecule has 3 aromatic rings. The Morgan fingerprint density at radius 1 is 1.16 bits per heavy atom. The highest BCUT2D eigenvalue weighted by molar-refractivity contribution is 5.76. The van der Waals surface area contributed by atoms with Crippen LogP contribution in [-0.2, 0) is 11.2 Å². The first-order valence-corrected chi connectivity index (χ1v) is 8.51. The van der Waals surface area contributed by atoms with Crippen molar-refractivity contribution >= 4 is 5.91 Å². The number of pyridine rings is 1. The van der Waals surface area contributed by atoms with Crippen LogP contribution in [0.3, 0.4) is 0 Å². The Morgan fingerprint density at radius 3 is 2.84 bits per heavy atom. The SMILES string of the molecule is C[C@@H](NC(=O)CCCc1ccccn1)c1cccc(-n2cccn2)c1. The number of aromatic nitrogens is 3. The predicted octanol–water partition coefficient (Wildman–Crippen LogP) is 3.47. The topological polar surface area (TPSA) is 59.8 Å². The first kappa shape index (κ1) is 16.9. The number of benzene rings is 1. The molecule has 0 aliphatic carbocycles. The van der Waals surface area contributed by atoms with Crippen molar-refractivity contribution in [3.8, 4) is 5.69 Å². The third-order valence-electron chi connectivity index (χ3n) is 4.08.